The van der Waals surface area contributed by atoms with Crippen molar-refractivity contribution in [3.05, 3.63) is 66.2 Å². The molecular weight excluding hydrogens is 314 g/mol. The summed E-state index contributed by atoms with van der Waals surface area (Å²) in [5.74, 6) is 0.668. The van der Waals surface area contributed by atoms with Gasteiger partial charge in [-0.25, -0.2) is 9.67 Å². The van der Waals surface area contributed by atoms with Gasteiger partial charge in [0, 0.05) is 36.1 Å². The third-order valence-electron chi connectivity index (χ3n) is 3.87. The second-order valence-electron chi connectivity index (χ2n) is 6.07. The molecule has 3 aromatic rings. The van der Waals surface area contributed by atoms with Crippen molar-refractivity contribution in [1.29, 1.82) is 0 Å². The SMILES string of the molecule is CC(C)n1ncnc1-c1cccc(C(=O)NCCc2cccnc2)c1. The van der Waals surface area contributed by atoms with Crippen molar-refractivity contribution in [1.82, 2.24) is 25.1 Å². The maximum Gasteiger partial charge on any atom is 0.251 e. The molecule has 2 heterocycles. The third kappa shape index (κ3) is 4.09. The van der Waals surface area contributed by atoms with Crippen LogP contribution in [0.1, 0.15) is 35.8 Å². The van der Waals surface area contributed by atoms with Crippen LogP contribution in [0, 0.1) is 0 Å². The molecule has 0 fully saturated rings. The van der Waals surface area contributed by atoms with E-state index in [4.69, 9.17) is 0 Å². The highest BCUT2D eigenvalue weighted by atomic mass is 16.1. The van der Waals surface area contributed by atoms with Gasteiger partial charge < -0.3 is 5.32 Å². The van der Waals surface area contributed by atoms with Crippen LogP contribution in [0.15, 0.2) is 55.1 Å². The molecule has 6 heteroatoms. The molecule has 0 bridgehead atoms. The summed E-state index contributed by atoms with van der Waals surface area (Å²) in [4.78, 5) is 20.8. The number of aromatic nitrogens is 4. The first kappa shape index (κ1) is 16.8. The molecular formula is C19H21N5O. The fourth-order valence-electron chi connectivity index (χ4n) is 2.60. The summed E-state index contributed by atoms with van der Waals surface area (Å²) in [6.07, 6.45) is 5.84. The van der Waals surface area contributed by atoms with E-state index in [1.807, 2.05) is 55.1 Å². The van der Waals surface area contributed by atoms with Gasteiger partial charge in [-0.3, -0.25) is 9.78 Å². The van der Waals surface area contributed by atoms with Gasteiger partial charge in [0.2, 0.25) is 0 Å². The Kier molecular flexibility index (Phi) is 5.18. The molecule has 1 aromatic carbocycles. The molecule has 0 aliphatic rings. The number of hydrogen-bond acceptors (Lipinski definition) is 4. The van der Waals surface area contributed by atoms with Gasteiger partial charge in [0.25, 0.3) is 5.91 Å². The predicted molar refractivity (Wildman–Crippen MR) is 96.1 cm³/mol. The zero-order chi connectivity index (χ0) is 17.6. The lowest BCUT2D eigenvalue weighted by Gasteiger charge is -2.10. The number of carbonyl (C=O) groups is 1. The minimum Gasteiger partial charge on any atom is -0.352 e. The number of benzene rings is 1. The molecule has 0 aliphatic carbocycles. The van der Waals surface area contributed by atoms with Crippen molar-refractivity contribution < 1.29 is 4.79 Å². The number of carbonyl (C=O) groups excluding carboxylic acids is 1. The fraction of sp³-hybridized carbons (Fsp3) is 0.263. The van der Waals surface area contributed by atoms with E-state index in [0.717, 1.165) is 23.4 Å². The van der Waals surface area contributed by atoms with Gasteiger partial charge >= 0.3 is 0 Å². The largest absolute Gasteiger partial charge is 0.352 e. The summed E-state index contributed by atoms with van der Waals surface area (Å²) in [6.45, 7) is 4.66. The first-order chi connectivity index (χ1) is 12.1. The average molecular weight is 335 g/mol. The van der Waals surface area contributed by atoms with Crippen molar-refractivity contribution in [2.75, 3.05) is 6.54 Å². The number of rotatable bonds is 6. The molecule has 3 rings (SSSR count). The molecule has 0 aliphatic heterocycles. The van der Waals surface area contributed by atoms with E-state index >= 15 is 0 Å². The lowest BCUT2D eigenvalue weighted by molar-refractivity contribution is 0.0954. The second-order valence-corrected chi connectivity index (χ2v) is 6.07. The molecule has 0 saturated heterocycles. The topological polar surface area (TPSA) is 72.7 Å². The van der Waals surface area contributed by atoms with E-state index in [1.165, 1.54) is 6.33 Å². The van der Waals surface area contributed by atoms with Crippen molar-refractivity contribution in [3.8, 4) is 11.4 Å². The Morgan fingerprint density at radius 3 is 2.88 bits per heavy atom. The number of nitrogens with zero attached hydrogens (tertiary/aromatic N) is 4. The Balaban J connectivity index is 1.68. The molecule has 0 saturated carbocycles. The quantitative estimate of drug-likeness (QED) is 0.752. The van der Waals surface area contributed by atoms with Crippen molar-refractivity contribution in [2.24, 2.45) is 0 Å². The summed E-state index contributed by atoms with van der Waals surface area (Å²) in [5.41, 5.74) is 2.59. The van der Waals surface area contributed by atoms with Crippen LogP contribution in [-0.4, -0.2) is 32.2 Å². The molecule has 6 nitrogen and oxygen atoms in total. The van der Waals surface area contributed by atoms with Gasteiger partial charge in [-0.1, -0.05) is 18.2 Å². The third-order valence-corrected chi connectivity index (χ3v) is 3.87. The van der Waals surface area contributed by atoms with Gasteiger partial charge in [-0.15, -0.1) is 0 Å². The first-order valence-electron chi connectivity index (χ1n) is 8.32. The summed E-state index contributed by atoms with van der Waals surface area (Å²) >= 11 is 0. The molecule has 25 heavy (non-hydrogen) atoms. The van der Waals surface area contributed by atoms with Gasteiger partial charge in [-0.05, 0) is 44.0 Å². The maximum atomic E-state index is 12.4. The van der Waals surface area contributed by atoms with Crippen molar-refractivity contribution in [3.63, 3.8) is 0 Å². The van der Waals surface area contributed by atoms with E-state index in [9.17, 15) is 4.79 Å². The standard InChI is InChI=1S/C19H21N5O/c1-14(2)24-18(22-13-23-24)16-6-3-7-17(11-16)19(25)21-10-8-15-5-4-9-20-12-15/h3-7,9,11-14H,8,10H2,1-2H3,(H,21,25). The number of nitrogens with one attached hydrogen (secondary N) is 1. The van der Waals surface area contributed by atoms with Crippen LogP contribution >= 0.6 is 0 Å². The maximum absolute atomic E-state index is 12.4. The molecule has 0 radical (unpaired) electrons. The van der Waals surface area contributed by atoms with Crippen LogP contribution in [0.2, 0.25) is 0 Å². The van der Waals surface area contributed by atoms with Crippen molar-refractivity contribution in [2.45, 2.75) is 26.3 Å². The molecule has 128 valence electrons. The number of hydrogen-bond donors (Lipinski definition) is 1. The van der Waals surface area contributed by atoms with Crippen LogP contribution in [0.5, 0.6) is 0 Å². The summed E-state index contributed by atoms with van der Waals surface area (Å²) in [7, 11) is 0. The zero-order valence-electron chi connectivity index (χ0n) is 14.4. The Morgan fingerprint density at radius 1 is 1.24 bits per heavy atom. The molecule has 0 atom stereocenters. The Bertz CT molecular complexity index is 842. The smallest absolute Gasteiger partial charge is 0.251 e. The molecule has 2 aromatic heterocycles. The molecule has 0 unspecified atom stereocenters. The highest BCUT2D eigenvalue weighted by Gasteiger charge is 2.12. The fourth-order valence-corrected chi connectivity index (χ4v) is 2.60. The lowest BCUT2D eigenvalue weighted by Crippen LogP contribution is -2.25. The average Bonchev–Trinajstić information content (AvgIpc) is 3.13. The summed E-state index contributed by atoms with van der Waals surface area (Å²) in [5, 5.41) is 7.20. The monoisotopic (exact) mass is 335 g/mol. The van der Waals surface area contributed by atoms with Crippen LogP contribution in [0.3, 0.4) is 0 Å². The van der Waals surface area contributed by atoms with Gasteiger partial charge in [0.05, 0.1) is 0 Å². The Labute approximate surface area is 146 Å². The molecule has 0 spiro atoms. The Hall–Kier alpha value is -3.02. The normalized spacial score (nSPS) is 10.8. The lowest BCUT2D eigenvalue weighted by atomic mass is 10.1. The Morgan fingerprint density at radius 2 is 2.12 bits per heavy atom. The van der Waals surface area contributed by atoms with Gasteiger partial charge in [0.15, 0.2) is 5.82 Å². The van der Waals surface area contributed by atoms with E-state index in [0.29, 0.717) is 12.1 Å². The molecule has 1 amide bonds. The van der Waals surface area contributed by atoms with Crippen LogP contribution < -0.4 is 5.32 Å². The van der Waals surface area contributed by atoms with Crippen molar-refractivity contribution >= 4 is 5.91 Å². The van der Waals surface area contributed by atoms with Crippen LogP contribution in [0.25, 0.3) is 11.4 Å². The van der Waals surface area contributed by atoms with E-state index in [2.05, 4.69) is 20.4 Å². The predicted octanol–water partition coefficient (Wildman–Crippen LogP) is 2.89. The van der Waals surface area contributed by atoms with Gasteiger partial charge in [-0.2, -0.15) is 5.10 Å². The first-order valence-corrected chi connectivity index (χ1v) is 8.32. The second kappa shape index (κ2) is 7.70. The number of amides is 1. The van der Waals surface area contributed by atoms with Crippen LogP contribution in [0.4, 0.5) is 0 Å². The highest BCUT2D eigenvalue weighted by Crippen LogP contribution is 2.20. The molecule has 1 N–H and O–H groups in total. The highest BCUT2D eigenvalue weighted by molar-refractivity contribution is 5.95. The van der Waals surface area contributed by atoms with Crippen LogP contribution in [-0.2, 0) is 6.42 Å². The zero-order valence-corrected chi connectivity index (χ0v) is 14.4. The summed E-state index contributed by atoms with van der Waals surface area (Å²) < 4.78 is 1.85. The minimum atomic E-state index is -0.0960. The van der Waals surface area contributed by atoms with E-state index in [-0.39, 0.29) is 11.9 Å². The van der Waals surface area contributed by atoms with E-state index in [1.54, 1.807) is 12.3 Å². The van der Waals surface area contributed by atoms with E-state index < -0.39 is 0 Å². The van der Waals surface area contributed by atoms with Gasteiger partial charge in [0.1, 0.15) is 6.33 Å². The minimum absolute atomic E-state index is 0.0960. The summed E-state index contributed by atoms with van der Waals surface area (Å²) in [6, 6.07) is 11.6. The number of pyridine rings is 1.